The summed E-state index contributed by atoms with van der Waals surface area (Å²) in [5.41, 5.74) is 2.66. The lowest BCUT2D eigenvalue weighted by molar-refractivity contribution is -0.0987. The van der Waals surface area contributed by atoms with Gasteiger partial charge in [-0.05, 0) is 51.1 Å². The minimum atomic E-state index is -0.239. The standard InChI is InChI=1S/C11H9Cl2N3O.C10H14FN.2CH2O/c1-14-11(17)10-5-16(6-15-10)9-3-7(12)2-8(13)4-9;1-7(2)12-10-6-4-5-9(11)8(10)3;2*1-2/h2-6H,1H3,(H,14,17);4-7,12H,1-3H3;2*1H2. The number of nitrogens with one attached hydrogen (secondary N) is 2. The van der Waals surface area contributed by atoms with E-state index in [0.717, 1.165) is 11.4 Å². The summed E-state index contributed by atoms with van der Waals surface area (Å²) >= 11 is 11.8. The molecule has 178 valence electrons. The molecule has 1 heterocycles. The summed E-state index contributed by atoms with van der Waals surface area (Å²) < 4.78 is 14.7. The van der Waals surface area contributed by atoms with Crippen LogP contribution < -0.4 is 10.6 Å². The number of halogens is 3. The first-order valence-electron chi connectivity index (χ1n) is 9.53. The van der Waals surface area contributed by atoms with Crippen LogP contribution in [0.2, 0.25) is 10.0 Å². The van der Waals surface area contributed by atoms with E-state index in [4.69, 9.17) is 32.8 Å². The Labute approximate surface area is 202 Å². The molecular formula is C23H27Cl2FN4O3. The van der Waals surface area contributed by atoms with E-state index < -0.39 is 0 Å². The third-order valence-electron chi connectivity index (χ3n) is 3.90. The van der Waals surface area contributed by atoms with Crippen LogP contribution in [-0.2, 0) is 9.59 Å². The van der Waals surface area contributed by atoms with Crippen LogP contribution in [0.25, 0.3) is 5.69 Å². The van der Waals surface area contributed by atoms with E-state index in [1.165, 1.54) is 12.4 Å². The van der Waals surface area contributed by atoms with Crippen molar-refractivity contribution < 1.29 is 18.8 Å². The molecule has 10 heteroatoms. The van der Waals surface area contributed by atoms with Crippen molar-refractivity contribution in [3.63, 3.8) is 0 Å². The Bertz CT molecular complexity index is 1010. The first-order valence-corrected chi connectivity index (χ1v) is 10.3. The van der Waals surface area contributed by atoms with Crippen LogP contribution in [-0.4, -0.2) is 42.1 Å². The Hall–Kier alpha value is -3.23. The number of hydrogen-bond donors (Lipinski definition) is 2. The van der Waals surface area contributed by atoms with Gasteiger partial charge in [0.15, 0.2) is 0 Å². The van der Waals surface area contributed by atoms with Gasteiger partial charge in [-0.3, -0.25) is 4.79 Å². The Morgan fingerprint density at radius 2 is 1.67 bits per heavy atom. The normalized spacial score (nSPS) is 9.33. The van der Waals surface area contributed by atoms with Gasteiger partial charge in [0.2, 0.25) is 0 Å². The lowest BCUT2D eigenvalue weighted by Crippen LogP contribution is -2.17. The van der Waals surface area contributed by atoms with E-state index in [-0.39, 0.29) is 11.7 Å². The number of carbonyl (C=O) groups excluding carboxylic acids is 3. The summed E-state index contributed by atoms with van der Waals surface area (Å²) in [6.45, 7) is 9.84. The zero-order chi connectivity index (χ0) is 25.6. The molecule has 1 amide bonds. The molecule has 33 heavy (non-hydrogen) atoms. The third kappa shape index (κ3) is 9.84. The van der Waals surface area contributed by atoms with E-state index in [9.17, 15) is 9.18 Å². The lowest BCUT2D eigenvalue weighted by atomic mass is 10.2. The van der Waals surface area contributed by atoms with Gasteiger partial charge in [-0.1, -0.05) is 29.3 Å². The monoisotopic (exact) mass is 496 g/mol. The molecule has 0 unspecified atom stereocenters. The Morgan fingerprint density at radius 1 is 1.09 bits per heavy atom. The first-order chi connectivity index (χ1) is 15.7. The Morgan fingerprint density at radius 3 is 2.18 bits per heavy atom. The van der Waals surface area contributed by atoms with Gasteiger partial charge in [0.1, 0.15) is 31.4 Å². The largest absolute Gasteiger partial charge is 0.383 e. The maximum atomic E-state index is 13.0. The van der Waals surface area contributed by atoms with Crippen molar-refractivity contribution >= 4 is 48.4 Å². The predicted octanol–water partition coefficient (Wildman–Crippen LogP) is 5.12. The van der Waals surface area contributed by atoms with E-state index in [1.807, 2.05) is 33.5 Å². The minimum Gasteiger partial charge on any atom is -0.383 e. The second-order valence-electron chi connectivity index (χ2n) is 6.58. The van der Waals surface area contributed by atoms with Crippen LogP contribution in [0, 0.1) is 12.7 Å². The summed E-state index contributed by atoms with van der Waals surface area (Å²) in [5.74, 6) is -0.391. The summed E-state index contributed by atoms with van der Waals surface area (Å²) in [6.07, 6.45) is 3.15. The van der Waals surface area contributed by atoms with Crippen molar-refractivity contribution in [3.8, 4) is 5.69 Å². The van der Waals surface area contributed by atoms with E-state index in [0.29, 0.717) is 27.3 Å². The number of anilines is 1. The van der Waals surface area contributed by atoms with Crippen LogP contribution >= 0.6 is 23.2 Å². The number of carbonyl (C=O) groups is 3. The maximum absolute atomic E-state index is 13.0. The zero-order valence-corrected chi connectivity index (χ0v) is 20.4. The van der Waals surface area contributed by atoms with E-state index >= 15 is 0 Å². The van der Waals surface area contributed by atoms with E-state index in [1.54, 1.807) is 49.0 Å². The van der Waals surface area contributed by atoms with Crippen molar-refractivity contribution in [3.05, 3.63) is 76.0 Å². The molecule has 2 N–H and O–H groups in total. The fourth-order valence-corrected chi connectivity index (χ4v) is 2.99. The molecule has 1 aromatic heterocycles. The van der Waals surface area contributed by atoms with Crippen LogP contribution in [0.3, 0.4) is 0 Å². The maximum Gasteiger partial charge on any atom is 0.271 e. The van der Waals surface area contributed by atoms with Gasteiger partial charge in [0, 0.05) is 46.3 Å². The van der Waals surface area contributed by atoms with Gasteiger partial charge in [0.25, 0.3) is 5.91 Å². The predicted molar refractivity (Wildman–Crippen MR) is 131 cm³/mol. The Balaban J connectivity index is 0.000000564. The molecule has 0 saturated carbocycles. The Kier molecular flexibility index (Phi) is 14.0. The molecule has 0 aliphatic heterocycles. The average molecular weight is 497 g/mol. The lowest BCUT2D eigenvalue weighted by Gasteiger charge is -2.12. The highest BCUT2D eigenvalue weighted by atomic mass is 35.5. The van der Waals surface area contributed by atoms with Gasteiger partial charge in [-0.25, -0.2) is 9.37 Å². The van der Waals surface area contributed by atoms with Gasteiger partial charge < -0.3 is 24.8 Å². The molecule has 0 aliphatic rings. The van der Waals surface area contributed by atoms with Gasteiger partial charge in [0.05, 0.1) is 0 Å². The average Bonchev–Trinajstić information content (AvgIpc) is 3.29. The van der Waals surface area contributed by atoms with Crippen molar-refractivity contribution in [1.82, 2.24) is 14.9 Å². The number of imidazole rings is 1. The highest BCUT2D eigenvalue weighted by molar-refractivity contribution is 6.34. The summed E-state index contributed by atoms with van der Waals surface area (Å²) in [5, 5.41) is 6.74. The highest BCUT2D eigenvalue weighted by Gasteiger charge is 2.08. The SMILES string of the molecule is C=O.C=O.CNC(=O)c1cn(-c2cc(Cl)cc(Cl)c2)cn1.Cc1c(F)cccc1NC(C)C. The molecule has 0 saturated heterocycles. The zero-order valence-electron chi connectivity index (χ0n) is 18.9. The number of benzene rings is 2. The van der Waals surface area contributed by atoms with Gasteiger partial charge in [-0.2, -0.15) is 0 Å². The van der Waals surface area contributed by atoms with E-state index in [2.05, 4.69) is 15.6 Å². The topological polar surface area (TPSA) is 93.1 Å². The fourth-order valence-electron chi connectivity index (χ4n) is 2.47. The van der Waals surface area contributed by atoms with Crippen molar-refractivity contribution in [2.24, 2.45) is 0 Å². The van der Waals surface area contributed by atoms with Crippen molar-refractivity contribution in [2.45, 2.75) is 26.8 Å². The number of hydrogen-bond acceptors (Lipinski definition) is 5. The number of aromatic nitrogens is 2. The molecule has 0 aliphatic carbocycles. The molecule has 7 nitrogen and oxygen atoms in total. The molecule has 0 atom stereocenters. The van der Waals surface area contributed by atoms with Crippen LogP contribution in [0.1, 0.15) is 29.9 Å². The molecule has 3 aromatic rings. The quantitative estimate of drug-likeness (QED) is 0.522. The summed E-state index contributed by atoms with van der Waals surface area (Å²) in [7, 11) is 1.55. The molecule has 0 spiro atoms. The first kappa shape index (κ1) is 29.8. The van der Waals surface area contributed by atoms with Crippen LogP contribution in [0.4, 0.5) is 10.1 Å². The highest BCUT2D eigenvalue weighted by Crippen LogP contribution is 2.22. The number of rotatable bonds is 4. The summed E-state index contributed by atoms with van der Waals surface area (Å²) in [4.78, 5) is 31.3. The third-order valence-corrected chi connectivity index (χ3v) is 4.34. The van der Waals surface area contributed by atoms with Gasteiger partial charge >= 0.3 is 0 Å². The summed E-state index contributed by atoms with van der Waals surface area (Å²) in [6, 6.07) is 10.5. The second-order valence-corrected chi connectivity index (χ2v) is 7.46. The van der Waals surface area contributed by atoms with Crippen molar-refractivity contribution in [1.29, 1.82) is 0 Å². The van der Waals surface area contributed by atoms with Crippen molar-refractivity contribution in [2.75, 3.05) is 12.4 Å². The molecule has 0 bridgehead atoms. The van der Waals surface area contributed by atoms with Gasteiger partial charge in [-0.15, -0.1) is 0 Å². The smallest absolute Gasteiger partial charge is 0.271 e. The number of nitrogens with zero attached hydrogens (tertiary/aromatic N) is 2. The second kappa shape index (κ2) is 15.6. The fraction of sp³-hybridized carbons (Fsp3) is 0.217. The van der Waals surface area contributed by atoms with Crippen LogP contribution in [0.5, 0.6) is 0 Å². The number of amides is 1. The molecule has 0 fully saturated rings. The molecule has 2 aromatic carbocycles. The molecule has 0 radical (unpaired) electrons. The van der Waals surface area contributed by atoms with Crippen LogP contribution in [0.15, 0.2) is 48.9 Å². The molecule has 3 rings (SSSR count). The molecular weight excluding hydrogens is 470 g/mol. The minimum absolute atomic E-state index is 0.152.